The molecule has 3 aromatic carbocycles. The highest BCUT2D eigenvalue weighted by atomic mass is 16.5. The highest BCUT2D eigenvalue weighted by molar-refractivity contribution is 6.74. The second-order valence-electron chi connectivity index (χ2n) is 5.56. The molecule has 0 amide bonds. The quantitative estimate of drug-likeness (QED) is 0.662. The summed E-state index contributed by atoms with van der Waals surface area (Å²) in [6, 6.07) is 27.1. The fourth-order valence-electron chi connectivity index (χ4n) is 2.91. The van der Waals surface area contributed by atoms with Crippen molar-refractivity contribution in [2.24, 2.45) is 0 Å². The number of hydrogen-bond acceptors (Lipinski definition) is 2. The van der Waals surface area contributed by atoms with E-state index in [0.717, 1.165) is 22.6 Å². The van der Waals surface area contributed by atoms with Gasteiger partial charge in [-0.3, -0.25) is 0 Å². The molecular weight excluding hydrogens is 269 g/mol. The zero-order valence-electron chi connectivity index (χ0n) is 12.4. The monoisotopic (exact) mass is 285 g/mol. The predicted octanol–water partition coefficient (Wildman–Crippen LogP) is 3.92. The maximum Gasteiger partial charge on any atom is 0.524 e. The molecule has 1 heterocycles. The van der Waals surface area contributed by atoms with Crippen LogP contribution >= 0.6 is 0 Å². The van der Waals surface area contributed by atoms with E-state index in [0.29, 0.717) is 0 Å². The van der Waals surface area contributed by atoms with Gasteiger partial charge in [-0.2, -0.15) is 0 Å². The van der Waals surface area contributed by atoms with Crippen LogP contribution < -0.4 is 14.9 Å². The van der Waals surface area contributed by atoms with Gasteiger partial charge in [-0.25, -0.2) is 0 Å². The molecule has 2 nitrogen and oxygen atoms in total. The number of hydrogen-bond donors (Lipinski definition) is 0. The molecule has 3 aromatic rings. The van der Waals surface area contributed by atoms with Gasteiger partial charge >= 0.3 is 7.05 Å². The fourth-order valence-corrected chi connectivity index (χ4v) is 2.91. The SMILES string of the molecule is Cc1ccc2c(c1)N(c1ccccc1)B(c1ccccc1)O2. The number of aryl methyl sites for hydroxylation is 1. The van der Waals surface area contributed by atoms with E-state index in [2.05, 4.69) is 78.5 Å². The molecule has 0 unspecified atom stereocenters. The van der Waals surface area contributed by atoms with E-state index >= 15 is 0 Å². The summed E-state index contributed by atoms with van der Waals surface area (Å²) >= 11 is 0. The summed E-state index contributed by atoms with van der Waals surface area (Å²) in [5.74, 6) is 0.934. The average molecular weight is 285 g/mol. The Labute approximate surface area is 131 Å². The molecule has 0 radical (unpaired) electrons. The molecule has 0 bridgehead atoms. The highest BCUT2D eigenvalue weighted by Gasteiger charge is 2.39. The first-order valence-electron chi connectivity index (χ1n) is 7.49. The van der Waals surface area contributed by atoms with Gasteiger partial charge in [-0.05, 0) is 42.2 Å². The Morgan fingerprint density at radius 1 is 0.818 bits per heavy atom. The van der Waals surface area contributed by atoms with Crippen molar-refractivity contribution in [1.29, 1.82) is 0 Å². The number of para-hydroxylation sites is 1. The molecule has 0 saturated carbocycles. The van der Waals surface area contributed by atoms with Gasteiger partial charge in [-0.1, -0.05) is 54.6 Å². The molecule has 22 heavy (non-hydrogen) atoms. The molecule has 1 aliphatic rings. The van der Waals surface area contributed by atoms with Gasteiger partial charge in [0.05, 0.1) is 5.69 Å². The van der Waals surface area contributed by atoms with E-state index < -0.39 is 0 Å². The minimum atomic E-state index is -0.125. The molecule has 0 saturated heterocycles. The smallest absolute Gasteiger partial charge is 0.524 e. The average Bonchev–Trinajstić information content (AvgIpc) is 2.95. The standard InChI is InChI=1S/C19H16BNO/c1-15-12-13-19-18(14-15)21(17-10-6-3-7-11-17)20(22-19)16-8-4-2-5-9-16/h2-14H,1H3. The van der Waals surface area contributed by atoms with Gasteiger partial charge in [-0.15, -0.1) is 0 Å². The van der Waals surface area contributed by atoms with Gasteiger partial charge in [0.15, 0.2) is 0 Å². The third-order valence-corrected chi connectivity index (χ3v) is 3.97. The van der Waals surface area contributed by atoms with E-state index in [-0.39, 0.29) is 7.05 Å². The van der Waals surface area contributed by atoms with Crippen LogP contribution in [0.2, 0.25) is 0 Å². The minimum Gasteiger partial charge on any atom is -0.536 e. The lowest BCUT2D eigenvalue weighted by Crippen LogP contribution is -2.46. The largest absolute Gasteiger partial charge is 0.536 e. The van der Waals surface area contributed by atoms with Crippen LogP contribution in [-0.2, 0) is 0 Å². The number of rotatable bonds is 2. The molecule has 0 spiro atoms. The topological polar surface area (TPSA) is 12.5 Å². The van der Waals surface area contributed by atoms with Crippen molar-refractivity contribution in [3.63, 3.8) is 0 Å². The summed E-state index contributed by atoms with van der Waals surface area (Å²) in [5, 5.41) is 0. The van der Waals surface area contributed by atoms with Crippen LogP contribution in [0.15, 0.2) is 78.9 Å². The molecule has 4 rings (SSSR count). The molecule has 106 valence electrons. The van der Waals surface area contributed by atoms with Crippen LogP contribution in [0.3, 0.4) is 0 Å². The van der Waals surface area contributed by atoms with E-state index in [1.54, 1.807) is 0 Å². The minimum absolute atomic E-state index is 0.125. The second-order valence-corrected chi connectivity index (χ2v) is 5.56. The second kappa shape index (κ2) is 5.26. The Morgan fingerprint density at radius 3 is 2.23 bits per heavy atom. The zero-order chi connectivity index (χ0) is 14.9. The van der Waals surface area contributed by atoms with Crippen molar-refractivity contribution in [1.82, 2.24) is 0 Å². The van der Waals surface area contributed by atoms with Crippen molar-refractivity contribution in [2.45, 2.75) is 6.92 Å². The lowest BCUT2D eigenvalue weighted by atomic mass is 9.71. The molecule has 0 atom stereocenters. The van der Waals surface area contributed by atoms with E-state index in [1.165, 1.54) is 5.56 Å². The van der Waals surface area contributed by atoms with Gasteiger partial charge in [0.25, 0.3) is 0 Å². The van der Waals surface area contributed by atoms with E-state index in [4.69, 9.17) is 4.65 Å². The normalized spacial score (nSPS) is 13.0. The van der Waals surface area contributed by atoms with Crippen LogP contribution in [0.25, 0.3) is 0 Å². The van der Waals surface area contributed by atoms with Crippen molar-refractivity contribution in [3.8, 4) is 5.75 Å². The summed E-state index contributed by atoms with van der Waals surface area (Å²) in [6.07, 6.45) is 0. The van der Waals surface area contributed by atoms with E-state index in [1.807, 2.05) is 12.1 Å². The van der Waals surface area contributed by atoms with Crippen LogP contribution in [0, 0.1) is 6.92 Å². The number of nitrogens with zero attached hydrogens (tertiary/aromatic N) is 1. The van der Waals surface area contributed by atoms with Gasteiger partial charge in [0, 0.05) is 5.69 Å². The first-order valence-corrected chi connectivity index (χ1v) is 7.49. The van der Waals surface area contributed by atoms with Crippen LogP contribution in [-0.4, -0.2) is 7.05 Å². The fraction of sp³-hybridized carbons (Fsp3) is 0.0526. The maximum absolute atomic E-state index is 6.24. The lowest BCUT2D eigenvalue weighted by Gasteiger charge is -2.22. The molecule has 1 aliphatic heterocycles. The van der Waals surface area contributed by atoms with E-state index in [9.17, 15) is 0 Å². The summed E-state index contributed by atoms with van der Waals surface area (Å²) in [7, 11) is -0.125. The number of anilines is 2. The van der Waals surface area contributed by atoms with Gasteiger partial charge in [0.2, 0.25) is 0 Å². The summed E-state index contributed by atoms with van der Waals surface area (Å²) < 4.78 is 6.24. The highest BCUT2D eigenvalue weighted by Crippen LogP contribution is 2.40. The molecule has 0 fully saturated rings. The van der Waals surface area contributed by atoms with Crippen molar-refractivity contribution >= 4 is 23.9 Å². The summed E-state index contributed by atoms with van der Waals surface area (Å²) in [5.41, 5.74) is 4.65. The van der Waals surface area contributed by atoms with Crippen molar-refractivity contribution < 1.29 is 4.65 Å². The lowest BCUT2D eigenvalue weighted by molar-refractivity contribution is 0.603. The van der Waals surface area contributed by atoms with Gasteiger partial charge < -0.3 is 9.47 Å². The Balaban J connectivity index is 1.86. The van der Waals surface area contributed by atoms with Gasteiger partial charge in [0.1, 0.15) is 5.75 Å². The van der Waals surface area contributed by atoms with Crippen LogP contribution in [0.5, 0.6) is 5.75 Å². The molecule has 0 aromatic heterocycles. The third kappa shape index (κ3) is 2.15. The first kappa shape index (κ1) is 13.0. The first-order chi connectivity index (χ1) is 10.8. The Hall–Kier alpha value is -2.68. The predicted molar refractivity (Wildman–Crippen MR) is 92.2 cm³/mol. The van der Waals surface area contributed by atoms with Crippen molar-refractivity contribution in [2.75, 3.05) is 4.81 Å². The van der Waals surface area contributed by atoms with Crippen molar-refractivity contribution in [3.05, 3.63) is 84.4 Å². The van der Waals surface area contributed by atoms with Crippen LogP contribution in [0.4, 0.5) is 11.4 Å². The Kier molecular flexibility index (Phi) is 3.12. The molecule has 3 heteroatoms. The third-order valence-electron chi connectivity index (χ3n) is 3.97. The summed E-state index contributed by atoms with van der Waals surface area (Å²) in [6.45, 7) is 2.11. The Bertz CT molecular complexity index is 789. The van der Waals surface area contributed by atoms with Crippen LogP contribution in [0.1, 0.15) is 5.56 Å². The molecular formula is C19H16BNO. The number of benzene rings is 3. The Morgan fingerprint density at radius 2 is 1.50 bits per heavy atom. The number of fused-ring (bicyclic) bond motifs is 1. The molecule has 0 aliphatic carbocycles. The maximum atomic E-state index is 6.24. The summed E-state index contributed by atoms with van der Waals surface area (Å²) in [4.78, 5) is 2.26. The zero-order valence-corrected chi connectivity index (χ0v) is 12.4. The molecule has 0 N–H and O–H groups in total.